The molecule has 3 nitrogen and oxygen atoms in total. The van der Waals surface area contributed by atoms with Gasteiger partial charge in [-0.05, 0) is 44.4 Å². The molecule has 0 fully saturated rings. The van der Waals surface area contributed by atoms with Gasteiger partial charge in [0, 0.05) is 12.4 Å². The first-order valence-corrected chi connectivity index (χ1v) is 6.05. The molecule has 86 valence electrons. The van der Waals surface area contributed by atoms with Crippen LogP contribution in [0.25, 0.3) is 0 Å². The van der Waals surface area contributed by atoms with Gasteiger partial charge in [0.05, 0.1) is 6.04 Å². The summed E-state index contributed by atoms with van der Waals surface area (Å²) < 4.78 is 0. The van der Waals surface area contributed by atoms with Crippen molar-refractivity contribution in [2.75, 3.05) is 7.05 Å². The quantitative estimate of drug-likeness (QED) is 0.791. The van der Waals surface area contributed by atoms with Crippen LogP contribution in [0.2, 0.25) is 0 Å². The molecular weight excluding hydrogens is 198 g/mol. The molecule has 3 heteroatoms. The van der Waals surface area contributed by atoms with Crippen molar-refractivity contribution in [3.05, 3.63) is 35.9 Å². The number of likely N-dealkylation sites (N-methyl/N-ethyl adjacent to an activating group) is 1. The summed E-state index contributed by atoms with van der Waals surface area (Å²) in [6.07, 6.45) is 12.3. The SMILES string of the molecule is CNC(C1=CCCCCC1)c1ncccn1. The second kappa shape index (κ2) is 5.75. The van der Waals surface area contributed by atoms with E-state index in [1.165, 1.54) is 37.7 Å². The lowest BCUT2D eigenvalue weighted by Crippen LogP contribution is -2.21. The van der Waals surface area contributed by atoms with Crippen molar-refractivity contribution in [2.24, 2.45) is 0 Å². The Morgan fingerprint density at radius 3 is 2.75 bits per heavy atom. The van der Waals surface area contributed by atoms with Crippen LogP contribution in [0.5, 0.6) is 0 Å². The maximum atomic E-state index is 4.34. The van der Waals surface area contributed by atoms with E-state index in [2.05, 4.69) is 21.4 Å². The Labute approximate surface area is 97.0 Å². The minimum atomic E-state index is 0.194. The van der Waals surface area contributed by atoms with E-state index in [0.717, 1.165) is 5.82 Å². The zero-order chi connectivity index (χ0) is 11.2. The summed E-state index contributed by atoms with van der Waals surface area (Å²) in [6, 6.07) is 2.05. The second-order valence-electron chi connectivity index (χ2n) is 4.21. The summed E-state index contributed by atoms with van der Waals surface area (Å²) in [5.74, 6) is 0.887. The molecule has 1 aliphatic rings. The molecule has 2 rings (SSSR count). The van der Waals surface area contributed by atoms with Gasteiger partial charge in [-0.1, -0.05) is 12.5 Å². The van der Waals surface area contributed by atoms with Crippen LogP contribution in [0, 0.1) is 0 Å². The molecular formula is C13H19N3. The molecule has 1 aromatic rings. The summed E-state index contributed by atoms with van der Waals surface area (Å²) in [5.41, 5.74) is 1.45. The van der Waals surface area contributed by atoms with Crippen molar-refractivity contribution in [3.8, 4) is 0 Å². The third kappa shape index (κ3) is 2.67. The second-order valence-corrected chi connectivity index (χ2v) is 4.21. The van der Waals surface area contributed by atoms with E-state index >= 15 is 0 Å². The lowest BCUT2D eigenvalue weighted by Gasteiger charge is -2.17. The van der Waals surface area contributed by atoms with Crippen molar-refractivity contribution in [3.63, 3.8) is 0 Å². The average molecular weight is 217 g/mol. The average Bonchev–Trinajstić information content (AvgIpc) is 2.61. The van der Waals surface area contributed by atoms with Crippen LogP contribution in [0.1, 0.15) is 44.0 Å². The summed E-state index contributed by atoms with van der Waals surface area (Å²) in [7, 11) is 1.98. The van der Waals surface area contributed by atoms with Gasteiger partial charge in [-0.3, -0.25) is 0 Å². The van der Waals surface area contributed by atoms with Crippen molar-refractivity contribution in [1.82, 2.24) is 15.3 Å². The van der Waals surface area contributed by atoms with Crippen LogP contribution in [0.15, 0.2) is 30.1 Å². The fourth-order valence-corrected chi connectivity index (χ4v) is 2.24. The van der Waals surface area contributed by atoms with E-state index in [0.29, 0.717) is 0 Å². The molecule has 1 aromatic heterocycles. The lowest BCUT2D eigenvalue weighted by molar-refractivity contribution is 0.598. The summed E-state index contributed by atoms with van der Waals surface area (Å²) in [6.45, 7) is 0. The van der Waals surface area contributed by atoms with Crippen LogP contribution < -0.4 is 5.32 Å². The Morgan fingerprint density at radius 2 is 2.00 bits per heavy atom. The third-order valence-corrected chi connectivity index (χ3v) is 3.08. The molecule has 0 aliphatic heterocycles. The van der Waals surface area contributed by atoms with Gasteiger partial charge in [-0.15, -0.1) is 0 Å². The van der Waals surface area contributed by atoms with Gasteiger partial charge in [0.15, 0.2) is 0 Å². The highest BCUT2D eigenvalue weighted by Gasteiger charge is 2.17. The molecule has 1 atom stereocenters. The smallest absolute Gasteiger partial charge is 0.149 e. The molecule has 0 radical (unpaired) electrons. The number of nitrogens with zero attached hydrogens (tertiary/aromatic N) is 2. The van der Waals surface area contributed by atoms with E-state index in [9.17, 15) is 0 Å². The molecule has 0 amide bonds. The Balaban J connectivity index is 2.18. The molecule has 1 heterocycles. The van der Waals surface area contributed by atoms with Gasteiger partial charge in [0.2, 0.25) is 0 Å². The standard InChI is InChI=1S/C13H19N3/c1-14-12(13-15-9-6-10-16-13)11-7-4-2-3-5-8-11/h6-7,9-10,12,14H,2-5,8H2,1H3. The first-order valence-electron chi connectivity index (χ1n) is 6.05. The van der Waals surface area contributed by atoms with Gasteiger partial charge in [-0.2, -0.15) is 0 Å². The molecule has 1 aliphatic carbocycles. The number of hydrogen-bond donors (Lipinski definition) is 1. The number of nitrogens with one attached hydrogen (secondary N) is 1. The first kappa shape index (κ1) is 11.3. The predicted octanol–water partition coefficient (Wildman–Crippen LogP) is 2.63. The summed E-state index contributed by atoms with van der Waals surface area (Å²) in [5, 5.41) is 3.32. The van der Waals surface area contributed by atoms with Gasteiger partial charge < -0.3 is 5.32 Å². The predicted molar refractivity (Wildman–Crippen MR) is 65.0 cm³/mol. The summed E-state index contributed by atoms with van der Waals surface area (Å²) in [4.78, 5) is 8.68. The molecule has 1 N–H and O–H groups in total. The highest BCUT2D eigenvalue weighted by Crippen LogP contribution is 2.26. The van der Waals surface area contributed by atoms with Crippen LogP contribution in [0.4, 0.5) is 0 Å². The number of aromatic nitrogens is 2. The van der Waals surface area contributed by atoms with E-state index < -0.39 is 0 Å². The van der Waals surface area contributed by atoms with E-state index in [1.54, 1.807) is 0 Å². The minimum Gasteiger partial charge on any atom is -0.307 e. The van der Waals surface area contributed by atoms with E-state index in [1.807, 2.05) is 25.5 Å². The monoisotopic (exact) mass is 217 g/mol. The minimum absolute atomic E-state index is 0.194. The van der Waals surface area contributed by atoms with Crippen LogP contribution >= 0.6 is 0 Å². The van der Waals surface area contributed by atoms with Crippen LogP contribution in [-0.4, -0.2) is 17.0 Å². The van der Waals surface area contributed by atoms with Gasteiger partial charge in [0.1, 0.15) is 5.82 Å². The largest absolute Gasteiger partial charge is 0.307 e. The normalized spacial score (nSPS) is 18.7. The molecule has 0 saturated heterocycles. The van der Waals surface area contributed by atoms with Crippen LogP contribution in [0.3, 0.4) is 0 Å². The number of rotatable bonds is 3. The maximum absolute atomic E-state index is 4.34. The molecule has 0 aromatic carbocycles. The third-order valence-electron chi connectivity index (χ3n) is 3.08. The van der Waals surface area contributed by atoms with Gasteiger partial charge in [-0.25, -0.2) is 9.97 Å². The number of hydrogen-bond acceptors (Lipinski definition) is 3. The molecule has 0 saturated carbocycles. The Morgan fingerprint density at radius 1 is 1.19 bits per heavy atom. The summed E-state index contributed by atoms with van der Waals surface area (Å²) >= 11 is 0. The molecule has 16 heavy (non-hydrogen) atoms. The highest BCUT2D eigenvalue weighted by atomic mass is 15.0. The topological polar surface area (TPSA) is 37.8 Å². The van der Waals surface area contributed by atoms with Crippen molar-refractivity contribution < 1.29 is 0 Å². The fourth-order valence-electron chi connectivity index (χ4n) is 2.24. The molecule has 0 spiro atoms. The van der Waals surface area contributed by atoms with Crippen molar-refractivity contribution in [2.45, 2.75) is 38.1 Å². The highest BCUT2D eigenvalue weighted by molar-refractivity contribution is 5.18. The van der Waals surface area contributed by atoms with E-state index in [-0.39, 0.29) is 6.04 Å². The zero-order valence-corrected chi connectivity index (χ0v) is 9.82. The molecule has 0 bridgehead atoms. The van der Waals surface area contributed by atoms with Crippen LogP contribution in [-0.2, 0) is 0 Å². The Bertz CT molecular complexity index is 345. The number of allylic oxidation sites excluding steroid dienone is 1. The Hall–Kier alpha value is -1.22. The van der Waals surface area contributed by atoms with Crippen molar-refractivity contribution in [1.29, 1.82) is 0 Å². The Kier molecular flexibility index (Phi) is 4.05. The van der Waals surface area contributed by atoms with Crippen molar-refractivity contribution >= 4 is 0 Å². The first-order chi connectivity index (χ1) is 7.92. The lowest BCUT2D eigenvalue weighted by atomic mass is 10.0. The van der Waals surface area contributed by atoms with Gasteiger partial charge in [0.25, 0.3) is 0 Å². The molecule has 1 unspecified atom stereocenters. The maximum Gasteiger partial charge on any atom is 0.149 e. The zero-order valence-electron chi connectivity index (χ0n) is 9.82. The van der Waals surface area contributed by atoms with E-state index in [4.69, 9.17) is 0 Å². The fraction of sp³-hybridized carbons (Fsp3) is 0.538. The van der Waals surface area contributed by atoms with Gasteiger partial charge >= 0.3 is 0 Å².